The number of aromatic nitrogens is 2. The molecule has 0 fully saturated rings. The maximum atomic E-state index is 12.0. The second-order valence-corrected chi connectivity index (χ2v) is 7.52. The van der Waals surface area contributed by atoms with Crippen LogP contribution in [0.25, 0.3) is 0 Å². The van der Waals surface area contributed by atoms with Crippen molar-refractivity contribution in [2.45, 2.75) is 59.4 Å². The summed E-state index contributed by atoms with van der Waals surface area (Å²) in [6.07, 6.45) is 5.56. The first-order valence-electron chi connectivity index (χ1n) is 10.7. The molecular weight excluding hydrogens is 495 g/mol. The molecule has 174 valence electrons. The van der Waals surface area contributed by atoms with Gasteiger partial charge in [-0.15, -0.1) is 24.0 Å². The third kappa shape index (κ3) is 9.09. The molecule has 0 aromatic carbocycles. The number of nitrogens with one attached hydrogen (secondary N) is 2. The zero-order chi connectivity index (χ0) is 21.8. The first-order chi connectivity index (χ1) is 13.9. The molecule has 0 saturated carbocycles. The number of halogens is 1. The van der Waals surface area contributed by atoms with Gasteiger partial charge in [0.2, 0.25) is 11.8 Å². The fourth-order valence-electron chi connectivity index (χ4n) is 3.14. The standard InChI is InChI=1S/C21H40N6O2.HI/c1-8-11-12-16(9-2)13-22-21(24-15-19(28)26(4)5)23-14-17-18(10-3)25-27(6)20(17)29-7;/h16H,8-15H2,1-7H3,(H2,22,23,24);1H. The van der Waals surface area contributed by atoms with E-state index in [9.17, 15) is 4.79 Å². The minimum atomic E-state index is 0. The smallest absolute Gasteiger partial charge is 0.241 e. The number of guanidine groups is 1. The van der Waals surface area contributed by atoms with E-state index in [1.807, 2.05) is 7.05 Å². The summed E-state index contributed by atoms with van der Waals surface area (Å²) in [4.78, 5) is 18.3. The molecular formula is C21H41IN6O2. The molecule has 1 heterocycles. The lowest BCUT2D eigenvalue weighted by molar-refractivity contribution is -0.127. The number of carbonyl (C=O) groups excluding carboxylic acids is 1. The molecule has 1 rings (SSSR count). The number of unbranched alkanes of at least 4 members (excludes halogenated alkanes) is 1. The fraction of sp³-hybridized carbons (Fsp3) is 0.762. The molecule has 0 saturated heterocycles. The van der Waals surface area contributed by atoms with Crippen molar-refractivity contribution in [1.82, 2.24) is 25.3 Å². The van der Waals surface area contributed by atoms with Gasteiger partial charge < -0.3 is 20.3 Å². The summed E-state index contributed by atoms with van der Waals surface area (Å²) in [5, 5.41) is 11.1. The minimum Gasteiger partial charge on any atom is -0.481 e. The first-order valence-corrected chi connectivity index (χ1v) is 10.7. The molecule has 9 heteroatoms. The van der Waals surface area contributed by atoms with Gasteiger partial charge >= 0.3 is 0 Å². The Morgan fingerprint density at radius 3 is 2.50 bits per heavy atom. The monoisotopic (exact) mass is 536 g/mol. The van der Waals surface area contributed by atoms with Crippen LogP contribution in [0.5, 0.6) is 5.88 Å². The molecule has 1 aromatic heterocycles. The highest BCUT2D eigenvalue weighted by atomic mass is 127. The third-order valence-corrected chi connectivity index (χ3v) is 5.10. The zero-order valence-corrected chi connectivity index (χ0v) is 22.1. The molecule has 2 N–H and O–H groups in total. The van der Waals surface area contributed by atoms with Crippen molar-refractivity contribution >= 4 is 35.8 Å². The molecule has 0 aliphatic rings. The molecule has 0 bridgehead atoms. The lowest BCUT2D eigenvalue weighted by Crippen LogP contribution is -2.44. The first kappa shape index (κ1) is 28.5. The molecule has 1 unspecified atom stereocenters. The fourth-order valence-corrected chi connectivity index (χ4v) is 3.14. The molecule has 0 aliphatic heterocycles. The number of carbonyl (C=O) groups is 1. The molecule has 1 aromatic rings. The SMILES string of the molecule is CCCCC(CC)CNC(=NCc1c(CC)nn(C)c1OC)NCC(=O)N(C)C.I. The number of nitrogens with zero attached hydrogens (tertiary/aromatic N) is 4. The van der Waals surface area contributed by atoms with Crippen LogP contribution >= 0.6 is 24.0 Å². The summed E-state index contributed by atoms with van der Waals surface area (Å²) in [6.45, 7) is 7.99. The van der Waals surface area contributed by atoms with Crippen LogP contribution in [0, 0.1) is 5.92 Å². The van der Waals surface area contributed by atoms with E-state index in [2.05, 4.69) is 36.5 Å². The minimum absolute atomic E-state index is 0. The number of ether oxygens (including phenoxy) is 1. The van der Waals surface area contributed by atoms with E-state index in [1.54, 1.807) is 30.8 Å². The Hall–Kier alpha value is -1.52. The van der Waals surface area contributed by atoms with Gasteiger partial charge in [0, 0.05) is 27.7 Å². The quantitative estimate of drug-likeness (QED) is 0.244. The molecule has 8 nitrogen and oxygen atoms in total. The maximum Gasteiger partial charge on any atom is 0.241 e. The van der Waals surface area contributed by atoms with Crippen LogP contribution in [0.2, 0.25) is 0 Å². The second-order valence-electron chi connectivity index (χ2n) is 7.52. The van der Waals surface area contributed by atoms with Gasteiger partial charge in [-0.1, -0.05) is 40.0 Å². The molecule has 1 atom stereocenters. The summed E-state index contributed by atoms with van der Waals surface area (Å²) < 4.78 is 7.26. The van der Waals surface area contributed by atoms with Gasteiger partial charge in [-0.25, -0.2) is 9.67 Å². The van der Waals surface area contributed by atoms with E-state index in [1.165, 1.54) is 19.3 Å². The summed E-state index contributed by atoms with van der Waals surface area (Å²) in [7, 11) is 7.02. The highest BCUT2D eigenvalue weighted by Crippen LogP contribution is 2.22. The Morgan fingerprint density at radius 2 is 1.97 bits per heavy atom. The second kappa shape index (κ2) is 15.3. The van der Waals surface area contributed by atoms with Gasteiger partial charge in [-0.2, -0.15) is 5.10 Å². The largest absolute Gasteiger partial charge is 0.481 e. The lowest BCUT2D eigenvalue weighted by Gasteiger charge is -2.19. The van der Waals surface area contributed by atoms with Crippen molar-refractivity contribution in [2.75, 3.05) is 34.3 Å². The van der Waals surface area contributed by atoms with Crippen molar-refractivity contribution in [3.05, 3.63) is 11.3 Å². The average Bonchev–Trinajstić information content (AvgIpc) is 3.03. The summed E-state index contributed by atoms with van der Waals surface area (Å²) in [5.41, 5.74) is 1.96. The van der Waals surface area contributed by atoms with Gasteiger partial charge in [0.05, 0.1) is 31.5 Å². The Bertz CT molecular complexity index is 660. The average molecular weight is 537 g/mol. The highest BCUT2D eigenvalue weighted by Gasteiger charge is 2.16. The predicted octanol–water partition coefficient (Wildman–Crippen LogP) is 2.95. The number of hydrogen-bond acceptors (Lipinski definition) is 4. The molecule has 1 amide bonds. The van der Waals surface area contributed by atoms with Gasteiger partial charge in [0.25, 0.3) is 0 Å². The Morgan fingerprint density at radius 1 is 1.27 bits per heavy atom. The molecule has 0 aliphatic carbocycles. The van der Waals surface area contributed by atoms with Crippen molar-refractivity contribution < 1.29 is 9.53 Å². The molecule has 0 spiro atoms. The summed E-state index contributed by atoms with van der Waals surface area (Å²) >= 11 is 0. The number of aryl methyl sites for hydroxylation is 2. The van der Waals surface area contributed by atoms with E-state index in [0.29, 0.717) is 18.4 Å². The predicted molar refractivity (Wildman–Crippen MR) is 134 cm³/mol. The van der Waals surface area contributed by atoms with E-state index in [4.69, 9.17) is 9.73 Å². The van der Waals surface area contributed by atoms with Crippen LogP contribution in [0.4, 0.5) is 0 Å². The Kier molecular flexibility index (Phi) is 14.5. The van der Waals surface area contributed by atoms with Crippen molar-refractivity contribution in [3.8, 4) is 5.88 Å². The van der Waals surface area contributed by atoms with Crippen LogP contribution in [-0.2, 0) is 24.8 Å². The number of amides is 1. The van der Waals surface area contributed by atoms with Crippen LogP contribution in [0.15, 0.2) is 4.99 Å². The summed E-state index contributed by atoms with van der Waals surface area (Å²) in [6, 6.07) is 0. The van der Waals surface area contributed by atoms with E-state index in [-0.39, 0.29) is 36.4 Å². The van der Waals surface area contributed by atoms with Crippen LogP contribution in [0.1, 0.15) is 57.7 Å². The van der Waals surface area contributed by atoms with Crippen LogP contribution < -0.4 is 15.4 Å². The van der Waals surface area contributed by atoms with Crippen molar-refractivity contribution in [2.24, 2.45) is 18.0 Å². The number of likely N-dealkylation sites (N-methyl/N-ethyl adjacent to an activating group) is 1. The van der Waals surface area contributed by atoms with Gasteiger partial charge in [-0.05, 0) is 18.8 Å². The lowest BCUT2D eigenvalue weighted by atomic mass is 9.99. The van der Waals surface area contributed by atoms with Crippen molar-refractivity contribution in [1.29, 1.82) is 0 Å². The molecule has 0 radical (unpaired) electrons. The van der Waals surface area contributed by atoms with Crippen molar-refractivity contribution in [3.63, 3.8) is 0 Å². The maximum absolute atomic E-state index is 12.0. The van der Waals surface area contributed by atoms with E-state index in [0.717, 1.165) is 36.5 Å². The van der Waals surface area contributed by atoms with E-state index >= 15 is 0 Å². The van der Waals surface area contributed by atoms with E-state index < -0.39 is 0 Å². The Balaban J connectivity index is 0.00000841. The number of aliphatic imine (C=N–C) groups is 1. The van der Waals surface area contributed by atoms with Crippen LogP contribution in [-0.4, -0.2) is 60.8 Å². The highest BCUT2D eigenvalue weighted by molar-refractivity contribution is 14.0. The summed E-state index contributed by atoms with van der Waals surface area (Å²) in [5.74, 6) is 1.96. The van der Waals surface area contributed by atoms with Gasteiger partial charge in [-0.3, -0.25) is 4.79 Å². The van der Waals surface area contributed by atoms with Crippen LogP contribution in [0.3, 0.4) is 0 Å². The Labute approximate surface area is 199 Å². The molecule has 30 heavy (non-hydrogen) atoms. The number of rotatable bonds is 12. The normalized spacial score (nSPS) is 12.2. The topological polar surface area (TPSA) is 83.8 Å². The third-order valence-electron chi connectivity index (χ3n) is 5.10. The number of methoxy groups -OCH3 is 1. The zero-order valence-electron chi connectivity index (χ0n) is 19.7. The number of hydrogen-bond donors (Lipinski definition) is 2. The van der Waals surface area contributed by atoms with Gasteiger partial charge in [0.1, 0.15) is 0 Å². The van der Waals surface area contributed by atoms with Gasteiger partial charge in [0.15, 0.2) is 5.96 Å².